The van der Waals surface area contributed by atoms with Crippen molar-refractivity contribution in [1.29, 1.82) is 0 Å². The van der Waals surface area contributed by atoms with Crippen molar-refractivity contribution < 1.29 is 18.0 Å². The lowest BCUT2D eigenvalue weighted by atomic mass is 10.1. The number of hydrogen-bond donors (Lipinski definition) is 2. The quantitative estimate of drug-likeness (QED) is 0.716. The molecular weight excluding hydrogens is 359 g/mol. The molecule has 27 heavy (non-hydrogen) atoms. The van der Waals surface area contributed by atoms with Gasteiger partial charge >= 0.3 is 6.18 Å². The second kappa shape index (κ2) is 7.40. The van der Waals surface area contributed by atoms with Crippen LogP contribution >= 0.6 is 0 Å². The molecule has 0 unspecified atom stereocenters. The van der Waals surface area contributed by atoms with Crippen molar-refractivity contribution in [3.63, 3.8) is 0 Å². The summed E-state index contributed by atoms with van der Waals surface area (Å²) in [7, 11) is 0. The van der Waals surface area contributed by atoms with Crippen molar-refractivity contribution in [3.05, 3.63) is 71.7 Å². The highest BCUT2D eigenvalue weighted by molar-refractivity contribution is 5.92. The SMILES string of the molecule is NC(=O)c1cc(-c2ccc(C(F)(F)F)cc2)nc(NCc2cccnc2)n1. The van der Waals surface area contributed by atoms with Crippen LogP contribution in [0.4, 0.5) is 19.1 Å². The van der Waals surface area contributed by atoms with Gasteiger partial charge in [-0.2, -0.15) is 13.2 Å². The summed E-state index contributed by atoms with van der Waals surface area (Å²) in [5, 5.41) is 2.95. The highest BCUT2D eigenvalue weighted by Crippen LogP contribution is 2.30. The molecule has 0 saturated heterocycles. The van der Waals surface area contributed by atoms with Gasteiger partial charge in [-0.05, 0) is 29.8 Å². The average Bonchev–Trinajstić information content (AvgIpc) is 2.66. The number of amides is 1. The summed E-state index contributed by atoms with van der Waals surface area (Å²) in [4.78, 5) is 23.8. The molecule has 0 saturated carbocycles. The lowest BCUT2D eigenvalue weighted by Crippen LogP contribution is -2.15. The number of alkyl halides is 3. The first kappa shape index (κ1) is 18.3. The van der Waals surface area contributed by atoms with Gasteiger partial charge in [0.25, 0.3) is 5.91 Å². The fourth-order valence-electron chi connectivity index (χ4n) is 2.31. The van der Waals surface area contributed by atoms with Crippen LogP contribution in [0.5, 0.6) is 0 Å². The highest BCUT2D eigenvalue weighted by atomic mass is 19.4. The summed E-state index contributed by atoms with van der Waals surface area (Å²) < 4.78 is 38.1. The molecule has 0 fully saturated rings. The lowest BCUT2D eigenvalue weighted by molar-refractivity contribution is -0.137. The van der Waals surface area contributed by atoms with Gasteiger partial charge in [0.2, 0.25) is 5.95 Å². The molecule has 0 spiro atoms. The summed E-state index contributed by atoms with van der Waals surface area (Å²) >= 11 is 0. The summed E-state index contributed by atoms with van der Waals surface area (Å²) in [6, 6.07) is 9.40. The van der Waals surface area contributed by atoms with Gasteiger partial charge in [0.15, 0.2) is 0 Å². The number of hydrogen-bond acceptors (Lipinski definition) is 5. The molecule has 0 atom stereocenters. The maximum atomic E-state index is 12.7. The van der Waals surface area contributed by atoms with Crippen LogP contribution in [-0.4, -0.2) is 20.9 Å². The van der Waals surface area contributed by atoms with Crippen LogP contribution in [0.25, 0.3) is 11.3 Å². The molecule has 2 heterocycles. The first-order valence-electron chi connectivity index (χ1n) is 7.82. The molecule has 1 amide bonds. The van der Waals surface area contributed by atoms with Crippen LogP contribution in [0.15, 0.2) is 54.9 Å². The van der Waals surface area contributed by atoms with Gasteiger partial charge in [0.1, 0.15) is 5.69 Å². The maximum Gasteiger partial charge on any atom is 0.416 e. The third-order valence-electron chi connectivity index (χ3n) is 3.66. The van der Waals surface area contributed by atoms with Crippen molar-refractivity contribution in [2.24, 2.45) is 5.73 Å². The van der Waals surface area contributed by atoms with Crippen LogP contribution in [0.3, 0.4) is 0 Å². The fourth-order valence-corrected chi connectivity index (χ4v) is 2.31. The molecule has 6 nitrogen and oxygen atoms in total. The largest absolute Gasteiger partial charge is 0.416 e. The third kappa shape index (κ3) is 4.57. The van der Waals surface area contributed by atoms with Crippen LogP contribution < -0.4 is 11.1 Å². The van der Waals surface area contributed by atoms with Gasteiger partial charge in [-0.3, -0.25) is 9.78 Å². The normalized spacial score (nSPS) is 11.2. The van der Waals surface area contributed by atoms with E-state index in [1.54, 1.807) is 18.5 Å². The second-order valence-corrected chi connectivity index (χ2v) is 5.62. The number of primary amides is 1. The van der Waals surface area contributed by atoms with Gasteiger partial charge in [0.05, 0.1) is 11.3 Å². The smallest absolute Gasteiger partial charge is 0.364 e. The predicted molar refractivity (Wildman–Crippen MR) is 92.6 cm³/mol. The zero-order valence-corrected chi connectivity index (χ0v) is 13.9. The summed E-state index contributed by atoms with van der Waals surface area (Å²) in [6.45, 7) is 0.350. The van der Waals surface area contributed by atoms with Gasteiger partial charge in [-0.15, -0.1) is 0 Å². The molecule has 1 aromatic carbocycles. The molecule has 0 aliphatic heterocycles. The molecule has 138 valence electrons. The zero-order valence-electron chi connectivity index (χ0n) is 13.9. The van der Waals surface area contributed by atoms with Gasteiger partial charge in [-0.25, -0.2) is 9.97 Å². The second-order valence-electron chi connectivity index (χ2n) is 5.62. The first-order chi connectivity index (χ1) is 12.8. The predicted octanol–water partition coefficient (Wildman–Crippen LogP) is 3.27. The Kier molecular flexibility index (Phi) is 5.02. The summed E-state index contributed by atoms with van der Waals surface area (Å²) in [5.41, 5.74) is 6.02. The Morgan fingerprint density at radius 2 is 1.85 bits per heavy atom. The maximum absolute atomic E-state index is 12.7. The Balaban J connectivity index is 1.90. The minimum absolute atomic E-state index is 0.0476. The standard InChI is InChI=1S/C18H14F3N5O/c19-18(20,21)13-5-3-12(4-6-13)14-8-15(16(22)27)26-17(25-14)24-10-11-2-1-7-23-9-11/h1-9H,10H2,(H2,22,27)(H,24,25,26). The summed E-state index contributed by atoms with van der Waals surface area (Å²) in [5.74, 6) is -0.639. The zero-order chi connectivity index (χ0) is 19.4. The molecule has 3 N–H and O–H groups in total. The number of nitrogens with two attached hydrogens (primary N) is 1. The van der Waals surface area contributed by atoms with E-state index in [0.717, 1.165) is 17.7 Å². The lowest BCUT2D eigenvalue weighted by Gasteiger charge is -2.10. The minimum Gasteiger partial charge on any atom is -0.364 e. The van der Waals surface area contributed by atoms with Crippen molar-refractivity contribution in [2.45, 2.75) is 12.7 Å². The van der Waals surface area contributed by atoms with Crippen LogP contribution in [0.1, 0.15) is 21.6 Å². The molecule has 0 aliphatic carbocycles. The van der Waals surface area contributed by atoms with Crippen molar-refractivity contribution >= 4 is 11.9 Å². The molecular formula is C18H14F3N5O. The van der Waals surface area contributed by atoms with E-state index < -0.39 is 17.6 Å². The monoisotopic (exact) mass is 373 g/mol. The third-order valence-corrected chi connectivity index (χ3v) is 3.66. The number of nitrogens with one attached hydrogen (secondary N) is 1. The molecule has 0 aliphatic rings. The fraction of sp³-hybridized carbons (Fsp3) is 0.111. The Labute approximate surface area is 152 Å². The molecule has 9 heteroatoms. The number of anilines is 1. The number of carbonyl (C=O) groups excluding carboxylic acids is 1. The Morgan fingerprint density at radius 3 is 2.44 bits per heavy atom. The molecule has 3 rings (SSSR count). The van der Waals surface area contributed by atoms with Gasteiger partial charge in [-0.1, -0.05) is 18.2 Å². The molecule has 3 aromatic rings. The number of nitrogens with zero attached hydrogens (tertiary/aromatic N) is 3. The number of pyridine rings is 1. The van der Waals surface area contributed by atoms with Crippen LogP contribution in [0, 0.1) is 0 Å². The number of rotatable bonds is 5. The first-order valence-corrected chi connectivity index (χ1v) is 7.82. The number of carbonyl (C=O) groups is 1. The Hall–Kier alpha value is -3.49. The van der Waals surface area contributed by atoms with Crippen molar-refractivity contribution in [2.75, 3.05) is 5.32 Å². The Bertz CT molecular complexity index is 943. The van der Waals surface area contributed by atoms with E-state index in [1.165, 1.54) is 18.2 Å². The van der Waals surface area contributed by atoms with Crippen molar-refractivity contribution in [3.8, 4) is 11.3 Å². The highest BCUT2D eigenvalue weighted by Gasteiger charge is 2.30. The van der Waals surface area contributed by atoms with Crippen LogP contribution in [0.2, 0.25) is 0 Å². The number of benzene rings is 1. The van der Waals surface area contributed by atoms with E-state index in [2.05, 4.69) is 20.3 Å². The van der Waals surface area contributed by atoms with E-state index in [9.17, 15) is 18.0 Å². The minimum atomic E-state index is -4.43. The average molecular weight is 373 g/mol. The molecule has 0 radical (unpaired) electrons. The van der Waals surface area contributed by atoms with E-state index in [0.29, 0.717) is 12.1 Å². The topological polar surface area (TPSA) is 93.8 Å². The van der Waals surface area contributed by atoms with E-state index >= 15 is 0 Å². The van der Waals surface area contributed by atoms with Crippen LogP contribution in [-0.2, 0) is 12.7 Å². The molecule has 2 aromatic heterocycles. The van der Waals surface area contributed by atoms with Crippen molar-refractivity contribution in [1.82, 2.24) is 15.0 Å². The van der Waals surface area contributed by atoms with Gasteiger partial charge < -0.3 is 11.1 Å². The Morgan fingerprint density at radius 1 is 1.11 bits per heavy atom. The van der Waals surface area contributed by atoms with Gasteiger partial charge in [0, 0.05) is 24.5 Å². The summed E-state index contributed by atoms with van der Waals surface area (Å²) in [6.07, 6.45) is -1.14. The van der Waals surface area contributed by atoms with E-state index in [-0.39, 0.29) is 17.3 Å². The number of aromatic nitrogens is 3. The number of halogens is 3. The van der Waals surface area contributed by atoms with E-state index in [1.807, 2.05) is 6.07 Å². The molecule has 0 bridgehead atoms. The van der Waals surface area contributed by atoms with E-state index in [4.69, 9.17) is 5.73 Å².